The highest BCUT2D eigenvalue weighted by atomic mass is 16.5. The molecule has 1 spiro atoms. The summed E-state index contributed by atoms with van der Waals surface area (Å²) in [5, 5.41) is 3.83. The zero-order chi connectivity index (χ0) is 14.9. The van der Waals surface area contributed by atoms with E-state index >= 15 is 0 Å². The Morgan fingerprint density at radius 3 is 2.71 bits per heavy atom. The lowest BCUT2D eigenvalue weighted by molar-refractivity contribution is -0.174. The molecule has 2 saturated carbocycles. The van der Waals surface area contributed by atoms with Gasteiger partial charge in [-0.1, -0.05) is 24.6 Å². The number of para-hydroxylation sites is 1. The fourth-order valence-electron chi connectivity index (χ4n) is 4.09. The highest BCUT2D eigenvalue weighted by Crippen LogP contribution is 2.57. The summed E-state index contributed by atoms with van der Waals surface area (Å²) in [5.74, 6) is 0.973. The van der Waals surface area contributed by atoms with Crippen molar-refractivity contribution in [3.05, 3.63) is 29.8 Å². The largest absolute Gasteiger partial charge is 0.496 e. The number of hydrogen-bond donors (Lipinski definition) is 1. The fourth-order valence-corrected chi connectivity index (χ4v) is 4.09. The van der Waals surface area contributed by atoms with Crippen LogP contribution in [-0.4, -0.2) is 25.9 Å². The van der Waals surface area contributed by atoms with Crippen LogP contribution in [0.25, 0.3) is 0 Å². The van der Waals surface area contributed by atoms with Crippen LogP contribution in [0.1, 0.15) is 51.1 Å². The van der Waals surface area contributed by atoms with E-state index in [1.54, 1.807) is 7.11 Å². The first-order chi connectivity index (χ1) is 10.2. The third-order valence-electron chi connectivity index (χ3n) is 5.49. The van der Waals surface area contributed by atoms with Crippen molar-refractivity contribution in [3.8, 4) is 5.75 Å². The van der Waals surface area contributed by atoms with Crippen LogP contribution in [-0.2, 0) is 4.74 Å². The van der Waals surface area contributed by atoms with Crippen molar-refractivity contribution in [1.29, 1.82) is 0 Å². The first kappa shape index (κ1) is 14.9. The van der Waals surface area contributed by atoms with E-state index < -0.39 is 0 Å². The maximum Gasteiger partial charge on any atom is 0.123 e. The summed E-state index contributed by atoms with van der Waals surface area (Å²) in [4.78, 5) is 0. The summed E-state index contributed by atoms with van der Waals surface area (Å²) in [7, 11) is 1.74. The van der Waals surface area contributed by atoms with E-state index in [1.165, 1.54) is 24.8 Å². The Kier molecular flexibility index (Phi) is 4.23. The van der Waals surface area contributed by atoms with Gasteiger partial charge in [-0.15, -0.1) is 0 Å². The average Bonchev–Trinajstić information content (AvgIpc) is 2.44. The van der Waals surface area contributed by atoms with E-state index in [-0.39, 0.29) is 0 Å². The predicted molar refractivity (Wildman–Crippen MR) is 84.6 cm³/mol. The maximum absolute atomic E-state index is 5.93. The van der Waals surface area contributed by atoms with Crippen molar-refractivity contribution in [2.75, 3.05) is 13.7 Å². The zero-order valence-electron chi connectivity index (χ0n) is 13.4. The molecule has 1 aromatic rings. The minimum Gasteiger partial charge on any atom is -0.496 e. The van der Waals surface area contributed by atoms with Crippen molar-refractivity contribution < 1.29 is 9.47 Å². The highest BCUT2D eigenvalue weighted by molar-refractivity contribution is 5.35. The molecule has 0 radical (unpaired) electrons. The van der Waals surface area contributed by atoms with Crippen LogP contribution in [0.15, 0.2) is 24.3 Å². The van der Waals surface area contributed by atoms with Gasteiger partial charge in [0.1, 0.15) is 5.75 Å². The summed E-state index contributed by atoms with van der Waals surface area (Å²) >= 11 is 0. The molecule has 0 bridgehead atoms. The van der Waals surface area contributed by atoms with Crippen molar-refractivity contribution >= 4 is 0 Å². The molecule has 0 aromatic heterocycles. The molecular weight excluding hydrogens is 262 g/mol. The molecule has 3 rings (SSSR count). The van der Waals surface area contributed by atoms with Crippen LogP contribution in [0.4, 0.5) is 0 Å². The molecule has 1 aromatic carbocycles. The molecule has 3 atom stereocenters. The van der Waals surface area contributed by atoms with E-state index in [2.05, 4.69) is 31.3 Å². The Labute approximate surface area is 128 Å². The molecule has 1 N–H and O–H groups in total. The summed E-state index contributed by atoms with van der Waals surface area (Å²) in [6, 6.07) is 9.20. The molecule has 21 heavy (non-hydrogen) atoms. The second kappa shape index (κ2) is 5.98. The van der Waals surface area contributed by atoms with Gasteiger partial charge in [0.05, 0.1) is 13.2 Å². The maximum atomic E-state index is 5.93. The molecular formula is C18H27NO2. The van der Waals surface area contributed by atoms with Crippen molar-refractivity contribution in [2.45, 2.75) is 57.7 Å². The number of nitrogens with one attached hydrogen (secondary N) is 1. The Morgan fingerprint density at radius 1 is 1.33 bits per heavy atom. The molecule has 3 nitrogen and oxygen atoms in total. The Morgan fingerprint density at radius 2 is 2.10 bits per heavy atom. The van der Waals surface area contributed by atoms with E-state index in [1.807, 2.05) is 12.1 Å². The number of methoxy groups -OCH3 is 1. The van der Waals surface area contributed by atoms with E-state index in [4.69, 9.17) is 9.47 Å². The van der Waals surface area contributed by atoms with Crippen LogP contribution in [0.3, 0.4) is 0 Å². The van der Waals surface area contributed by atoms with Gasteiger partial charge >= 0.3 is 0 Å². The summed E-state index contributed by atoms with van der Waals surface area (Å²) in [6.07, 6.45) is 5.60. The molecule has 2 aliphatic carbocycles. The predicted octanol–water partition coefficient (Wildman–Crippen LogP) is 3.69. The van der Waals surface area contributed by atoms with Crippen molar-refractivity contribution in [3.63, 3.8) is 0 Å². The molecule has 3 heteroatoms. The fraction of sp³-hybridized carbons (Fsp3) is 0.667. The molecule has 0 amide bonds. The lowest BCUT2D eigenvalue weighted by Gasteiger charge is -2.61. The van der Waals surface area contributed by atoms with Gasteiger partial charge in [0.25, 0.3) is 0 Å². The molecule has 0 heterocycles. The van der Waals surface area contributed by atoms with Crippen LogP contribution in [0.5, 0.6) is 5.75 Å². The van der Waals surface area contributed by atoms with Crippen LogP contribution in [0.2, 0.25) is 0 Å². The minimum absolute atomic E-state index is 0.311. The topological polar surface area (TPSA) is 30.5 Å². The van der Waals surface area contributed by atoms with Gasteiger partial charge in [0.15, 0.2) is 0 Å². The third-order valence-corrected chi connectivity index (χ3v) is 5.49. The second-order valence-electron chi connectivity index (χ2n) is 6.45. The van der Waals surface area contributed by atoms with Gasteiger partial charge < -0.3 is 14.8 Å². The van der Waals surface area contributed by atoms with Crippen LogP contribution >= 0.6 is 0 Å². The Hall–Kier alpha value is -1.06. The lowest BCUT2D eigenvalue weighted by Crippen LogP contribution is -2.67. The van der Waals surface area contributed by atoms with Gasteiger partial charge in [-0.3, -0.25) is 0 Å². The second-order valence-corrected chi connectivity index (χ2v) is 6.45. The summed E-state index contributed by atoms with van der Waals surface area (Å²) in [5.41, 5.74) is 1.65. The quantitative estimate of drug-likeness (QED) is 0.866. The molecule has 116 valence electrons. The standard InChI is InChI=1S/C18H27NO2/c1-4-21-17-12-16(18(17)10-7-11-18)19-13(2)14-8-5-6-9-15(14)20-3/h5-6,8-9,13,16-17,19H,4,7,10-12H2,1-3H3/t13-,16?,17?/m1/s1. The smallest absolute Gasteiger partial charge is 0.123 e. The number of hydrogen-bond acceptors (Lipinski definition) is 3. The van der Waals surface area contributed by atoms with E-state index in [0.717, 1.165) is 18.8 Å². The first-order valence-corrected chi connectivity index (χ1v) is 8.22. The van der Waals surface area contributed by atoms with Crippen LogP contribution < -0.4 is 10.1 Å². The minimum atomic E-state index is 0.311. The summed E-state index contributed by atoms with van der Waals surface area (Å²) in [6.45, 7) is 5.17. The Balaban J connectivity index is 1.67. The Bertz CT molecular complexity index is 484. The monoisotopic (exact) mass is 289 g/mol. The van der Waals surface area contributed by atoms with E-state index in [9.17, 15) is 0 Å². The normalized spacial score (nSPS) is 27.8. The molecule has 2 aliphatic rings. The average molecular weight is 289 g/mol. The zero-order valence-corrected chi connectivity index (χ0v) is 13.4. The molecule has 0 aliphatic heterocycles. The van der Waals surface area contributed by atoms with E-state index in [0.29, 0.717) is 23.6 Å². The lowest BCUT2D eigenvalue weighted by atomic mass is 9.51. The van der Waals surface area contributed by atoms with Gasteiger partial charge in [0, 0.05) is 29.7 Å². The highest BCUT2D eigenvalue weighted by Gasteiger charge is 2.58. The molecule has 0 saturated heterocycles. The number of ether oxygens (including phenoxy) is 2. The van der Waals surface area contributed by atoms with Gasteiger partial charge in [-0.25, -0.2) is 0 Å². The molecule has 2 fully saturated rings. The van der Waals surface area contributed by atoms with Gasteiger partial charge in [-0.05, 0) is 39.2 Å². The van der Waals surface area contributed by atoms with Gasteiger partial charge in [0.2, 0.25) is 0 Å². The number of rotatable bonds is 6. The van der Waals surface area contributed by atoms with Crippen molar-refractivity contribution in [1.82, 2.24) is 5.32 Å². The third kappa shape index (κ3) is 2.47. The van der Waals surface area contributed by atoms with Gasteiger partial charge in [-0.2, -0.15) is 0 Å². The van der Waals surface area contributed by atoms with Crippen LogP contribution in [0, 0.1) is 5.41 Å². The van der Waals surface area contributed by atoms with Crippen molar-refractivity contribution in [2.24, 2.45) is 5.41 Å². The summed E-state index contributed by atoms with van der Waals surface area (Å²) < 4.78 is 11.4. The SMILES string of the molecule is CCOC1CC(N[C@H](C)c2ccccc2OC)C12CCC2. The number of benzene rings is 1. The first-order valence-electron chi connectivity index (χ1n) is 8.22. The molecule has 2 unspecified atom stereocenters.